The van der Waals surface area contributed by atoms with E-state index in [2.05, 4.69) is 9.97 Å². The number of hydrogen-bond acceptors (Lipinski definition) is 4. The maximum absolute atomic E-state index is 11.0. The van der Waals surface area contributed by atoms with Crippen LogP contribution in [-0.2, 0) is 7.05 Å². The summed E-state index contributed by atoms with van der Waals surface area (Å²) in [5.41, 5.74) is 3.92. The van der Waals surface area contributed by atoms with E-state index in [0.29, 0.717) is 0 Å². The zero-order valence-corrected chi connectivity index (χ0v) is 12.6. The number of rotatable bonds is 3. The summed E-state index contributed by atoms with van der Waals surface area (Å²) in [6.45, 7) is 1.89. The van der Waals surface area contributed by atoms with Crippen molar-refractivity contribution in [2.24, 2.45) is 7.05 Å². The number of imidazole rings is 1. The first kappa shape index (κ1) is 14.1. The molecule has 0 unspecified atom stereocenters. The first-order chi connectivity index (χ1) is 10.5. The van der Waals surface area contributed by atoms with Gasteiger partial charge in [0, 0.05) is 25.8 Å². The normalized spacial score (nSPS) is 10.9. The van der Waals surface area contributed by atoms with Crippen molar-refractivity contribution in [3.05, 3.63) is 47.9 Å². The van der Waals surface area contributed by atoms with Gasteiger partial charge in [-0.25, -0.2) is 14.8 Å². The van der Waals surface area contributed by atoms with Crippen molar-refractivity contribution in [2.75, 3.05) is 11.9 Å². The second kappa shape index (κ2) is 5.14. The van der Waals surface area contributed by atoms with Gasteiger partial charge in [-0.3, -0.25) is 0 Å². The third-order valence-corrected chi connectivity index (χ3v) is 3.75. The van der Waals surface area contributed by atoms with Crippen LogP contribution < -0.4 is 4.90 Å². The summed E-state index contributed by atoms with van der Waals surface area (Å²) in [6.07, 6.45) is 3.49. The van der Waals surface area contributed by atoms with Gasteiger partial charge in [-0.2, -0.15) is 0 Å². The molecule has 3 rings (SSSR count). The van der Waals surface area contributed by atoms with Crippen molar-refractivity contribution >= 4 is 28.5 Å². The summed E-state index contributed by atoms with van der Waals surface area (Å²) in [5.74, 6) is -0.144. The molecule has 0 amide bonds. The number of anilines is 2. The molecular formula is C16H16N4O2. The minimum atomic E-state index is -0.924. The molecule has 2 aromatic heterocycles. The van der Waals surface area contributed by atoms with Crippen LogP contribution in [0.15, 0.2) is 36.8 Å². The van der Waals surface area contributed by atoms with Gasteiger partial charge in [-0.15, -0.1) is 0 Å². The third-order valence-electron chi connectivity index (χ3n) is 3.75. The van der Waals surface area contributed by atoms with E-state index in [9.17, 15) is 4.79 Å². The van der Waals surface area contributed by atoms with Gasteiger partial charge in [0.15, 0.2) is 0 Å². The Morgan fingerprint density at radius 3 is 2.73 bits per heavy atom. The maximum Gasteiger partial charge on any atom is 0.335 e. The highest BCUT2D eigenvalue weighted by molar-refractivity contribution is 5.89. The van der Waals surface area contributed by atoms with E-state index in [1.54, 1.807) is 30.7 Å². The number of carbonyl (C=O) groups is 1. The van der Waals surface area contributed by atoms with Crippen LogP contribution in [0.1, 0.15) is 15.9 Å². The molecule has 0 aliphatic rings. The fourth-order valence-electron chi connectivity index (χ4n) is 2.49. The molecule has 2 heterocycles. The number of nitrogens with zero attached hydrogens (tertiary/aromatic N) is 4. The smallest absolute Gasteiger partial charge is 0.335 e. The quantitative estimate of drug-likeness (QED) is 0.804. The molecule has 3 aromatic rings. The number of pyridine rings is 1. The number of aryl methyl sites for hydroxylation is 2. The molecule has 0 bridgehead atoms. The Labute approximate surface area is 127 Å². The minimum absolute atomic E-state index is 0.282. The van der Waals surface area contributed by atoms with Gasteiger partial charge >= 0.3 is 5.97 Å². The number of benzene rings is 1. The molecule has 22 heavy (non-hydrogen) atoms. The fourth-order valence-corrected chi connectivity index (χ4v) is 2.49. The van der Waals surface area contributed by atoms with Gasteiger partial charge in [-0.05, 0) is 30.7 Å². The molecule has 0 atom stereocenters. The molecular weight excluding hydrogens is 280 g/mol. The summed E-state index contributed by atoms with van der Waals surface area (Å²) in [5, 5.41) is 9.05. The average Bonchev–Trinajstić information content (AvgIpc) is 2.87. The van der Waals surface area contributed by atoms with Gasteiger partial charge in [0.1, 0.15) is 11.3 Å². The van der Waals surface area contributed by atoms with Crippen molar-refractivity contribution in [2.45, 2.75) is 6.92 Å². The predicted octanol–water partition coefficient (Wildman–Crippen LogP) is 2.74. The molecule has 6 heteroatoms. The summed E-state index contributed by atoms with van der Waals surface area (Å²) in [7, 11) is 3.85. The Morgan fingerprint density at radius 1 is 1.27 bits per heavy atom. The molecule has 0 saturated heterocycles. The number of aromatic carboxylic acids is 1. The summed E-state index contributed by atoms with van der Waals surface area (Å²) in [4.78, 5) is 21.6. The monoisotopic (exact) mass is 296 g/mol. The van der Waals surface area contributed by atoms with Crippen LogP contribution in [-0.4, -0.2) is 32.7 Å². The Balaban J connectivity index is 2.03. The SMILES string of the molecule is Cc1cc(C(=O)O)ccc1N(C)c1cc2c(cn1)ncn2C. The zero-order chi connectivity index (χ0) is 15.9. The molecule has 1 aromatic carbocycles. The van der Waals surface area contributed by atoms with Gasteiger partial charge in [0.05, 0.1) is 23.6 Å². The third kappa shape index (κ3) is 2.28. The van der Waals surface area contributed by atoms with Crippen LogP contribution in [0.3, 0.4) is 0 Å². The highest BCUT2D eigenvalue weighted by Crippen LogP contribution is 2.27. The topological polar surface area (TPSA) is 71.2 Å². The zero-order valence-electron chi connectivity index (χ0n) is 12.6. The lowest BCUT2D eigenvalue weighted by atomic mass is 10.1. The second-order valence-corrected chi connectivity index (χ2v) is 5.25. The Hall–Kier alpha value is -2.89. The van der Waals surface area contributed by atoms with Gasteiger partial charge in [-0.1, -0.05) is 0 Å². The van der Waals surface area contributed by atoms with Crippen LogP contribution in [0.25, 0.3) is 11.0 Å². The minimum Gasteiger partial charge on any atom is -0.478 e. The van der Waals surface area contributed by atoms with E-state index in [0.717, 1.165) is 28.1 Å². The van der Waals surface area contributed by atoms with Crippen molar-refractivity contribution < 1.29 is 9.90 Å². The van der Waals surface area contributed by atoms with Crippen molar-refractivity contribution in [3.8, 4) is 0 Å². The summed E-state index contributed by atoms with van der Waals surface area (Å²) in [6, 6.07) is 7.03. The first-order valence-corrected chi connectivity index (χ1v) is 6.82. The molecule has 0 aliphatic carbocycles. The van der Waals surface area contributed by atoms with Gasteiger partial charge in [0.2, 0.25) is 0 Å². The van der Waals surface area contributed by atoms with E-state index >= 15 is 0 Å². The number of hydrogen-bond donors (Lipinski definition) is 1. The molecule has 0 spiro atoms. The van der Waals surface area contributed by atoms with Crippen LogP contribution >= 0.6 is 0 Å². The van der Waals surface area contributed by atoms with Crippen molar-refractivity contribution in [3.63, 3.8) is 0 Å². The molecule has 0 aliphatic heterocycles. The van der Waals surface area contributed by atoms with Crippen LogP contribution in [0, 0.1) is 6.92 Å². The van der Waals surface area contributed by atoms with Gasteiger partial charge < -0.3 is 14.6 Å². The maximum atomic E-state index is 11.0. The lowest BCUT2D eigenvalue weighted by Crippen LogP contribution is -2.13. The molecule has 0 saturated carbocycles. The predicted molar refractivity (Wildman–Crippen MR) is 84.7 cm³/mol. The number of fused-ring (bicyclic) bond motifs is 1. The van der Waals surface area contributed by atoms with Gasteiger partial charge in [0.25, 0.3) is 0 Å². The van der Waals surface area contributed by atoms with E-state index in [1.165, 1.54) is 0 Å². The Morgan fingerprint density at radius 2 is 2.05 bits per heavy atom. The molecule has 1 N–H and O–H groups in total. The van der Waals surface area contributed by atoms with E-state index in [4.69, 9.17) is 5.11 Å². The largest absolute Gasteiger partial charge is 0.478 e. The lowest BCUT2D eigenvalue weighted by molar-refractivity contribution is 0.0697. The van der Waals surface area contributed by atoms with E-state index in [1.807, 2.05) is 36.6 Å². The Bertz CT molecular complexity index is 870. The summed E-state index contributed by atoms with van der Waals surface area (Å²) < 4.78 is 1.94. The molecule has 0 radical (unpaired) electrons. The van der Waals surface area contributed by atoms with Crippen LogP contribution in [0.5, 0.6) is 0 Å². The first-order valence-electron chi connectivity index (χ1n) is 6.82. The second-order valence-electron chi connectivity index (χ2n) is 5.25. The molecule has 6 nitrogen and oxygen atoms in total. The summed E-state index contributed by atoms with van der Waals surface area (Å²) >= 11 is 0. The van der Waals surface area contributed by atoms with Crippen molar-refractivity contribution in [1.29, 1.82) is 0 Å². The standard InChI is InChI=1S/C16H16N4O2/c1-10-6-11(16(21)22)4-5-13(10)20(3)15-7-14-12(8-17-15)18-9-19(14)2/h4-9H,1-3H3,(H,21,22). The van der Waals surface area contributed by atoms with Crippen LogP contribution in [0.4, 0.5) is 11.5 Å². The van der Waals surface area contributed by atoms with E-state index in [-0.39, 0.29) is 5.56 Å². The fraction of sp³-hybridized carbons (Fsp3) is 0.188. The highest BCUT2D eigenvalue weighted by atomic mass is 16.4. The van der Waals surface area contributed by atoms with E-state index < -0.39 is 5.97 Å². The Kier molecular flexibility index (Phi) is 3.29. The van der Waals surface area contributed by atoms with Crippen LogP contribution in [0.2, 0.25) is 0 Å². The number of carboxylic acids is 1. The number of carboxylic acid groups (broad SMARTS) is 1. The molecule has 0 fully saturated rings. The molecule has 112 valence electrons. The van der Waals surface area contributed by atoms with Crippen molar-refractivity contribution in [1.82, 2.24) is 14.5 Å². The lowest BCUT2D eigenvalue weighted by Gasteiger charge is -2.21. The average molecular weight is 296 g/mol. The highest BCUT2D eigenvalue weighted by Gasteiger charge is 2.12. The number of aromatic nitrogens is 3.